The average Bonchev–Trinajstić information content (AvgIpc) is 2.84. The van der Waals surface area contributed by atoms with Crippen LogP contribution in [0.15, 0.2) is 53.0 Å². The molecule has 0 bridgehead atoms. The predicted octanol–water partition coefficient (Wildman–Crippen LogP) is 5.16. The van der Waals surface area contributed by atoms with Crippen LogP contribution >= 0.6 is 15.9 Å². The van der Waals surface area contributed by atoms with Crippen molar-refractivity contribution in [2.24, 2.45) is 0 Å². The molecule has 0 fully saturated rings. The van der Waals surface area contributed by atoms with Gasteiger partial charge in [0.1, 0.15) is 11.6 Å². The summed E-state index contributed by atoms with van der Waals surface area (Å²) >= 11 is 3.40. The first-order chi connectivity index (χ1) is 12.6. The number of alkyl halides is 1. The van der Waals surface area contributed by atoms with Crippen LogP contribution in [0, 0.1) is 0 Å². The van der Waals surface area contributed by atoms with Crippen molar-refractivity contribution in [1.29, 1.82) is 0 Å². The summed E-state index contributed by atoms with van der Waals surface area (Å²) < 4.78 is 22.1. The zero-order chi connectivity index (χ0) is 19.8. The Labute approximate surface area is 166 Å². The van der Waals surface area contributed by atoms with Crippen LogP contribution in [-0.4, -0.2) is 23.1 Å². The highest BCUT2D eigenvalue weighted by atomic mass is 79.9. The van der Waals surface area contributed by atoms with E-state index in [1.54, 1.807) is 69.3 Å². The molecule has 3 rings (SSSR count). The summed E-state index contributed by atoms with van der Waals surface area (Å²) in [5, 5.41) is 2.59. The largest absolute Gasteiger partial charge is 0.444 e. The van der Waals surface area contributed by atoms with E-state index in [0.29, 0.717) is 21.2 Å². The highest BCUT2D eigenvalue weighted by Crippen LogP contribution is 2.43. The van der Waals surface area contributed by atoms with Crippen molar-refractivity contribution >= 4 is 27.8 Å². The predicted molar refractivity (Wildman–Crippen MR) is 105 cm³/mol. The van der Waals surface area contributed by atoms with Gasteiger partial charge >= 0.3 is 6.09 Å². The van der Waals surface area contributed by atoms with Gasteiger partial charge in [-0.1, -0.05) is 58.4 Å². The lowest BCUT2D eigenvalue weighted by molar-refractivity contribution is 0.0371. The summed E-state index contributed by atoms with van der Waals surface area (Å²) in [6.07, 6.45) is -0.881. The van der Waals surface area contributed by atoms with Crippen molar-refractivity contribution in [3.63, 3.8) is 0 Å². The number of amides is 1. The Kier molecular flexibility index (Phi) is 5.12. The molecule has 2 atom stereocenters. The summed E-state index contributed by atoms with van der Waals surface area (Å²) in [7, 11) is 0. The second-order valence-electron chi connectivity index (χ2n) is 7.63. The van der Waals surface area contributed by atoms with Gasteiger partial charge in [-0.3, -0.25) is 4.79 Å². The molecule has 0 saturated carbocycles. The summed E-state index contributed by atoms with van der Waals surface area (Å²) in [4.78, 5) is 25.3. The molecule has 1 amide bonds. The number of hydrogen-bond acceptors (Lipinski definition) is 3. The topological polar surface area (TPSA) is 55.4 Å². The molecule has 6 heteroatoms. The number of benzene rings is 2. The number of carbonyl (C=O) groups is 2. The number of ether oxygens (including phenoxy) is 1. The van der Waals surface area contributed by atoms with Crippen LogP contribution < -0.4 is 5.32 Å². The lowest BCUT2D eigenvalue weighted by Crippen LogP contribution is -2.48. The number of ketones is 1. The molecule has 0 aromatic heterocycles. The van der Waals surface area contributed by atoms with Gasteiger partial charge in [0.15, 0.2) is 0 Å². The molecular formula is C21H21BrFNO3. The molecule has 0 saturated heterocycles. The van der Waals surface area contributed by atoms with Crippen LogP contribution in [0.2, 0.25) is 0 Å². The van der Waals surface area contributed by atoms with E-state index in [4.69, 9.17) is 4.74 Å². The third kappa shape index (κ3) is 3.90. The lowest BCUT2D eigenvalue weighted by atomic mass is 9.86. The fraction of sp³-hybridized carbons (Fsp3) is 0.333. The van der Waals surface area contributed by atoms with Crippen molar-refractivity contribution < 1.29 is 18.7 Å². The fourth-order valence-corrected chi connectivity index (χ4v) is 3.80. The van der Waals surface area contributed by atoms with Gasteiger partial charge in [-0.2, -0.15) is 0 Å². The summed E-state index contributed by atoms with van der Waals surface area (Å²) in [6.45, 7) is 5.17. The number of halogens is 2. The molecular weight excluding hydrogens is 413 g/mol. The van der Waals surface area contributed by atoms with Crippen LogP contribution in [0.25, 0.3) is 0 Å². The molecule has 1 aliphatic rings. The Morgan fingerprint density at radius 3 is 2.44 bits per heavy atom. The van der Waals surface area contributed by atoms with Gasteiger partial charge in [-0.25, -0.2) is 9.18 Å². The zero-order valence-electron chi connectivity index (χ0n) is 15.4. The molecule has 1 aliphatic carbocycles. The third-order valence-electron chi connectivity index (χ3n) is 4.42. The fourth-order valence-electron chi connectivity index (χ4n) is 3.28. The van der Waals surface area contributed by atoms with Crippen LogP contribution in [0.3, 0.4) is 0 Å². The Morgan fingerprint density at radius 2 is 1.81 bits per heavy atom. The highest BCUT2D eigenvalue weighted by Gasteiger charge is 2.53. The van der Waals surface area contributed by atoms with Crippen molar-refractivity contribution in [3.05, 3.63) is 69.7 Å². The highest BCUT2D eigenvalue weighted by molar-refractivity contribution is 9.10. The summed E-state index contributed by atoms with van der Waals surface area (Å²) in [6, 6.07) is 12.6. The molecule has 0 radical (unpaired) electrons. The minimum atomic E-state index is -2.30. The van der Waals surface area contributed by atoms with Gasteiger partial charge in [0.2, 0.25) is 11.5 Å². The van der Waals surface area contributed by atoms with E-state index >= 15 is 4.39 Å². The minimum Gasteiger partial charge on any atom is -0.444 e. The second kappa shape index (κ2) is 7.08. The maximum Gasteiger partial charge on any atom is 0.408 e. The Morgan fingerprint density at radius 1 is 1.19 bits per heavy atom. The smallest absolute Gasteiger partial charge is 0.408 e. The van der Waals surface area contributed by atoms with E-state index in [2.05, 4.69) is 21.2 Å². The van der Waals surface area contributed by atoms with Gasteiger partial charge in [0, 0.05) is 16.5 Å². The molecule has 0 spiro atoms. The normalized spacial score (nSPS) is 20.1. The second-order valence-corrected chi connectivity index (χ2v) is 8.48. The third-order valence-corrected chi connectivity index (χ3v) is 5.14. The van der Waals surface area contributed by atoms with Crippen molar-refractivity contribution in [1.82, 2.24) is 5.32 Å². The van der Waals surface area contributed by atoms with E-state index in [0.717, 1.165) is 0 Å². The maximum atomic E-state index is 16.2. The number of rotatable bonds is 3. The molecule has 2 aromatic rings. The SMILES string of the molecule is CC(C)(C)OC(=O)N[C@@H](c1ccccc1Br)[C@@]1(F)Cc2ccccc2C1=O. The molecule has 2 aromatic carbocycles. The monoisotopic (exact) mass is 433 g/mol. The van der Waals surface area contributed by atoms with E-state index in [1.165, 1.54) is 0 Å². The molecule has 1 N–H and O–H groups in total. The summed E-state index contributed by atoms with van der Waals surface area (Å²) in [5.74, 6) is -0.630. The Hall–Kier alpha value is -2.21. The van der Waals surface area contributed by atoms with Gasteiger partial charge in [-0.05, 0) is 38.0 Å². The van der Waals surface area contributed by atoms with E-state index in [1.807, 2.05) is 0 Å². The van der Waals surface area contributed by atoms with Crippen molar-refractivity contribution in [2.75, 3.05) is 0 Å². The molecule has 0 aliphatic heterocycles. The van der Waals surface area contributed by atoms with Gasteiger partial charge in [0.05, 0.1) is 0 Å². The Balaban J connectivity index is 2.02. The van der Waals surface area contributed by atoms with Gasteiger partial charge in [0.25, 0.3) is 0 Å². The first-order valence-corrected chi connectivity index (χ1v) is 9.47. The van der Waals surface area contributed by atoms with Crippen LogP contribution in [0.4, 0.5) is 9.18 Å². The van der Waals surface area contributed by atoms with E-state index < -0.39 is 29.2 Å². The standard InChI is InChI=1S/C21H21BrFNO3/c1-20(2,3)27-19(26)24-17(15-10-6-7-11-16(15)22)21(23)12-13-8-4-5-9-14(13)18(21)25/h4-11,17H,12H2,1-3H3,(H,24,26)/t17-,21-/m0/s1. The van der Waals surface area contributed by atoms with Crippen LogP contribution in [0.1, 0.15) is 48.3 Å². The Bertz CT molecular complexity index is 893. The zero-order valence-corrected chi connectivity index (χ0v) is 17.0. The molecule has 4 nitrogen and oxygen atoms in total. The molecule has 0 unspecified atom stereocenters. The number of carbonyl (C=O) groups excluding carboxylic acids is 2. The minimum absolute atomic E-state index is 0.107. The van der Waals surface area contributed by atoms with Gasteiger partial charge < -0.3 is 10.1 Å². The van der Waals surface area contributed by atoms with E-state index in [9.17, 15) is 9.59 Å². The lowest BCUT2D eigenvalue weighted by Gasteiger charge is -2.31. The number of Topliss-reactive ketones (excluding diaryl/α,β-unsaturated/α-hetero) is 1. The first-order valence-electron chi connectivity index (χ1n) is 8.67. The van der Waals surface area contributed by atoms with E-state index in [-0.39, 0.29) is 6.42 Å². The molecule has 0 heterocycles. The maximum absolute atomic E-state index is 16.2. The quantitative estimate of drug-likeness (QED) is 0.726. The molecule has 27 heavy (non-hydrogen) atoms. The number of alkyl carbamates (subject to hydrolysis) is 1. The average molecular weight is 434 g/mol. The van der Waals surface area contributed by atoms with Crippen molar-refractivity contribution in [3.8, 4) is 0 Å². The number of fused-ring (bicyclic) bond motifs is 1. The number of hydrogen-bond donors (Lipinski definition) is 1. The number of nitrogens with one attached hydrogen (secondary N) is 1. The molecule has 142 valence electrons. The van der Waals surface area contributed by atoms with Crippen LogP contribution in [0.5, 0.6) is 0 Å². The van der Waals surface area contributed by atoms with Crippen molar-refractivity contribution in [2.45, 2.75) is 44.5 Å². The van der Waals surface area contributed by atoms with Gasteiger partial charge in [-0.15, -0.1) is 0 Å². The summed E-state index contributed by atoms with van der Waals surface area (Å²) in [5.41, 5.74) is -1.58. The first kappa shape index (κ1) is 19.5. The van der Waals surface area contributed by atoms with Crippen LogP contribution in [-0.2, 0) is 11.2 Å².